The fourth-order valence-electron chi connectivity index (χ4n) is 2.82. The van der Waals surface area contributed by atoms with Crippen LogP contribution in [0.5, 0.6) is 5.75 Å². The number of allylic oxidation sites excluding steroid dienone is 1. The van der Waals surface area contributed by atoms with Gasteiger partial charge in [0.25, 0.3) is 5.91 Å². The van der Waals surface area contributed by atoms with Gasteiger partial charge in [-0.3, -0.25) is 9.69 Å². The van der Waals surface area contributed by atoms with E-state index in [9.17, 15) is 9.90 Å². The molecular weight excluding hydrogens is 252 g/mol. The number of phenolic OH excluding ortho intramolecular Hbond substituents is 1. The number of hydrogen-bond donors (Lipinski definition) is 2. The molecule has 0 spiro atoms. The van der Waals surface area contributed by atoms with Gasteiger partial charge in [-0.25, -0.2) is 0 Å². The standard InChI is InChI=1S/C16H16N2O2/c1-9-4-7-15(10(2)17-9)18-11(3)13-6-5-12(19)8-14(13)16(18)20/h5-6,8,15,17,19H,1-4,7H2. The van der Waals surface area contributed by atoms with E-state index >= 15 is 0 Å². The highest BCUT2D eigenvalue weighted by atomic mass is 16.3. The van der Waals surface area contributed by atoms with Gasteiger partial charge in [0.05, 0.1) is 11.6 Å². The summed E-state index contributed by atoms with van der Waals surface area (Å²) < 4.78 is 0. The largest absolute Gasteiger partial charge is 0.508 e. The molecule has 1 atom stereocenters. The van der Waals surface area contributed by atoms with Crippen LogP contribution in [-0.2, 0) is 0 Å². The Morgan fingerprint density at radius 1 is 1.25 bits per heavy atom. The molecule has 102 valence electrons. The first-order valence-corrected chi connectivity index (χ1v) is 6.48. The van der Waals surface area contributed by atoms with Gasteiger partial charge in [-0.2, -0.15) is 0 Å². The second kappa shape index (κ2) is 4.27. The summed E-state index contributed by atoms with van der Waals surface area (Å²) in [5.41, 5.74) is 3.59. The highest BCUT2D eigenvalue weighted by Crippen LogP contribution is 2.38. The lowest BCUT2D eigenvalue weighted by atomic mass is 10.0. The molecule has 1 fully saturated rings. The molecule has 4 heteroatoms. The van der Waals surface area contributed by atoms with Crippen molar-refractivity contribution in [2.75, 3.05) is 0 Å². The smallest absolute Gasteiger partial charge is 0.259 e. The van der Waals surface area contributed by atoms with Crippen molar-refractivity contribution in [3.05, 3.63) is 60.5 Å². The first-order chi connectivity index (χ1) is 9.49. The highest BCUT2D eigenvalue weighted by molar-refractivity contribution is 6.09. The van der Waals surface area contributed by atoms with Gasteiger partial charge in [-0.1, -0.05) is 19.7 Å². The molecule has 0 radical (unpaired) electrons. The number of fused-ring (bicyclic) bond motifs is 1. The zero-order valence-electron chi connectivity index (χ0n) is 11.1. The van der Waals surface area contributed by atoms with Crippen LogP contribution in [-0.4, -0.2) is 22.0 Å². The number of aromatic hydroxyl groups is 1. The lowest BCUT2D eigenvalue weighted by molar-refractivity contribution is 0.0809. The van der Waals surface area contributed by atoms with Crippen molar-refractivity contribution in [1.29, 1.82) is 0 Å². The molecule has 2 aliphatic heterocycles. The molecule has 1 aromatic carbocycles. The van der Waals surface area contributed by atoms with E-state index in [1.165, 1.54) is 6.07 Å². The van der Waals surface area contributed by atoms with Gasteiger partial charge in [-0.15, -0.1) is 0 Å². The molecule has 2 heterocycles. The average molecular weight is 268 g/mol. The molecule has 1 amide bonds. The Kier molecular flexibility index (Phi) is 2.67. The average Bonchev–Trinajstić information content (AvgIpc) is 2.63. The summed E-state index contributed by atoms with van der Waals surface area (Å²) in [6.45, 7) is 11.9. The third-order valence-corrected chi connectivity index (χ3v) is 3.82. The first kappa shape index (κ1) is 12.5. The Morgan fingerprint density at radius 3 is 2.70 bits per heavy atom. The minimum atomic E-state index is -0.138. The molecule has 1 unspecified atom stereocenters. The molecule has 20 heavy (non-hydrogen) atoms. The number of amides is 1. The van der Waals surface area contributed by atoms with Crippen molar-refractivity contribution in [3.63, 3.8) is 0 Å². The van der Waals surface area contributed by atoms with Crippen molar-refractivity contribution in [2.45, 2.75) is 18.9 Å². The Hall–Kier alpha value is -2.49. The predicted octanol–water partition coefficient (Wildman–Crippen LogP) is 2.60. The first-order valence-electron chi connectivity index (χ1n) is 6.48. The Morgan fingerprint density at radius 2 is 2.00 bits per heavy atom. The molecule has 1 saturated heterocycles. The van der Waals surface area contributed by atoms with Gasteiger partial charge in [0.1, 0.15) is 5.75 Å². The van der Waals surface area contributed by atoms with Crippen LogP contribution in [0, 0.1) is 0 Å². The maximum atomic E-state index is 12.5. The zero-order chi connectivity index (χ0) is 14.4. The summed E-state index contributed by atoms with van der Waals surface area (Å²) in [4.78, 5) is 14.2. The van der Waals surface area contributed by atoms with Crippen LogP contribution in [0.4, 0.5) is 0 Å². The third-order valence-electron chi connectivity index (χ3n) is 3.82. The van der Waals surface area contributed by atoms with Crippen LogP contribution in [0.2, 0.25) is 0 Å². The lowest BCUT2D eigenvalue weighted by Crippen LogP contribution is -2.42. The molecule has 2 N–H and O–H groups in total. The third kappa shape index (κ3) is 1.72. The number of hydrogen-bond acceptors (Lipinski definition) is 3. The molecule has 3 rings (SSSR count). The Balaban J connectivity index is 1.97. The van der Waals surface area contributed by atoms with E-state index in [1.807, 2.05) is 0 Å². The summed E-state index contributed by atoms with van der Waals surface area (Å²) in [5, 5.41) is 12.7. The summed E-state index contributed by atoms with van der Waals surface area (Å²) in [5.74, 6) is -0.0536. The number of nitrogens with zero attached hydrogens (tertiary/aromatic N) is 1. The van der Waals surface area contributed by atoms with Crippen LogP contribution in [0.1, 0.15) is 28.8 Å². The van der Waals surface area contributed by atoms with Crippen molar-refractivity contribution in [3.8, 4) is 5.75 Å². The lowest BCUT2D eigenvalue weighted by Gasteiger charge is -2.35. The second-order valence-electron chi connectivity index (χ2n) is 5.16. The highest BCUT2D eigenvalue weighted by Gasteiger charge is 2.38. The number of nitrogens with one attached hydrogen (secondary N) is 1. The van der Waals surface area contributed by atoms with E-state index < -0.39 is 0 Å². The van der Waals surface area contributed by atoms with Crippen LogP contribution in [0.3, 0.4) is 0 Å². The molecule has 0 saturated carbocycles. The van der Waals surface area contributed by atoms with Crippen LogP contribution >= 0.6 is 0 Å². The van der Waals surface area contributed by atoms with E-state index in [0.717, 1.165) is 29.8 Å². The second-order valence-corrected chi connectivity index (χ2v) is 5.16. The SMILES string of the molecule is C=C1CCC(N2C(=C)c3ccc(O)cc3C2=O)C(=C)N1. The summed E-state index contributed by atoms with van der Waals surface area (Å²) in [7, 11) is 0. The van der Waals surface area contributed by atoms with Gasteiger partial charge in [0.15, 0.2) is 0 Å². The van der Waals surface area contributed by atoms with Crippen molar-refractivity contribution < 1.29 is 9.90 Å². The van der Waals surface area contributed by atoms with Gasteiger partial charge >= 0.3 is 0 Å². The minimum Gasteiger partial charge on any atom is -0.508 e. The molecule has 0 aromatic heterocycles. The number of piperidine rings is 1. The van der Waals surface area contributed by atoms with E-state index in [2.05, 4.69) is 25.1 Å². The van der Waals surface area contributed by atoms with E-state index in [-0.39, 0.29) is 17.7 Å². The number of rotatable bonds is 1. The monoisotopic (exact) mass is 268 g/mol. The van der Waals surface area contributed by atoms with Gasteiger partial charge in [-0.05, 0) is 31.0 Å². The molecular formula is C16H16N2O2. The maximum absolute atomic E-state index is 12.5. The van der Waals surface area contributed by atoms with Crippen LogP contribution in [0.25, 0.3) is 5.70 Å². The van der Waals surface area contributed by atoms with Crippen molar-refractivity contribution >= 4 is 11.6 Å². The van der Waals surface area contributed by atoms with Crippen molar-refractivity contribution in [1.82, 2.24) is 10.2 Å². The van der Waals surface area contributed by atoms with Gasteiger partial charge < -0.3 is 10.4 Å². The fourth-order valence-corrected chi connectivity index (χ4v) is 2.82. The number of carbonyl (C=O) groups is 1. The van der Waals surface area contributed by atoms with Crippen LogP contribution in [0.15, 0.2) is 49.3 Å². The molecule has 4 nitrogen and oxygen atoms in total. The quantitative estimate of drug-likeness (QED) is 0.823. The van der Waals surface area contributed by atoms with E-state index in [1.54, 1.807) is 17.0 Å². The number of carbonyl (C=O) groups excluding carboxylic acids is 1. The maximum Gasteiger partial charge on any atom is 0.259 e. The summed E-state index contributed by atoms with van der Waals surface area (Å²) >= 11 is 0. The van der Waals surface area contributed by atoms with E-state index in [0.29, 0.717) is 11.3 Å². The zero-order valence-corrected chi connectivity index (χ0v) is 11.1. The topological polar surface area (TPSA) is 52.6 Å². The predicted molar refractivity (Wildman–Crippen MR) is 77.7 cm³/mol. The fraction of sp³-hybridized carbons (Fsp3) is 0.188. The summed E-state index contributed by atoms with van der Waals surface area (Å²) in [6.07, 6.45) is 1.57. The Labute approximate surface area is 117 Å². The number of benzene rings is 1. The van der Waals surface area contributed by atoms with Gasteiger partial charge in [0, 0.05) is 22.7 Å². The van der Waals surface area contributed by atoms with E-state index in [4.69, 9.17) is 0 Å². The molecule has 2 aliphatic rings. The molecule has 1 aromatic rings. The van der Waals surface area contributed by atoms with Gasteiger partial charge in [0.2, 0.25) is 0 Å². The summed E-state index contributed by atoms with van der Waals surface area (Å²) in [6, 6.07) is 4.65. The minimum absolute atomic E-state index is 0.0840. The normalized spacial score (nSPS) is 22.0. The molecule has 0 aliphatic carbocycles. The number of phenols is 1. The Bertz CT molecular complexity index is 660. The van der Waals surface area contributed by atoms with Crippen LogP contribution < -0.4 is 5.32 Å². The van der Waals surface area contributed by atoms with Crippen molar-refractivity contribution in [2.24, 2.45) is 0 Å². The molecule has 0 bridgehead atoms.